The van der Waals surface area contributed by atoms with E-state index >= 15 is 0 Å². The molecule has 0 saturated carbocycles. The molecular weight excluding hydrogens is 433 g/mol. The minimum absolute atomic E-state index is 0.0320. The SMILES string of the molecule is CC(C)(C)CC(=O)N1CC[C@@H](Oc2cncc(Br)c2)C1.O=C(O)C(F)(F)F. The quantitative estimate of drug-likeness (QED) is 0.748. The molecule has 0 unspecified atom stereocenters. The number of carboxylic acid groups (broad SMARTS) is 1. The second-order valence-corrected chi connectivity index (χ2v) is 8.16. The predicted octanol–water partition coefficient (Wildman–Crippen LogP) is 3.89. The van der Waals surface area contributed by atoms with Crippen molar-refractivity contribution in [2.45, 2.75) is 45.9 Å². The van der Waals surface area contributed by atoms with Gasteiger partial charge in [0.25, 0.3) is 0 Å². The molecule has 0 aromatic carbocycles. The molecule has 2 rings (SSSR count). The zero-order valence-electron chi connectivity index (χ0n) is 15.2. The maximum atomic E-state index is 12.2. The molecule has 1 fully saturated rings. The normalized spacial score (nSPS) is 17.1. The Morgan fingerprint density at radius 3 is 2.41 bits per heavy atom. The number of rotatable bonds is 3. The number of carbonyl (C=O) groups excluding carboxylic acids is 1. The summed E-state index contributed by atoms with van der Waals surface area (Å²) in [7, 11) is 0. The molecule has 1 amide bonds. The van der Waals surface area contributed by atoms with E-state index in [0.29, 0.717) is 13.0 Å². The summed E-state index contributed by atoms with van der Waals surface area (Å²) in [6.07, 6.45) is -0.138. The van der Waals surface area contributed by atoms with Crippen molar-refractivity contribution in [3.8, 4) is 5.75 Å². The number of amides is 1. The van der Waals surface area contributed by atoms with Gasteiger partial charge in [-0.15, -0.1) is 0 Å². The Kier molecular flexibility index (Phi) is 8.06. The summed E-state index contributed by atoms with van der Waals surface area (Å²) >= 11 is 3.37. The number of halogens is 4. The fourth-order valence-electron chi connectivity index (χ4n) is 2.27. The number of nitrogens with zero attached hydrogens (tertiary/aromatic N) is 2. The van der Waals surface area contributed by atoms with Crippen LogP contribution in [0.1, 0.15) is 33.6 Å². The molecule has 0 spiro atoms. The van der Waals surface area contributed by atoms with Crippen LogP contribution in [0.2, 0.25) is 0 Å². The number of ether oxygens (including phenoxy) is 1. The van der Waals surface area contributed by atoms with Crippen LogP contribution in [-0.4, -0.2) is 52.2 Å². The van der Waals surface area contributed by atoms with Gasteiger partial charge in [0, 0.05) is 30.1 Å². The third-order valence-corrected chi connectivity index (χ3v) is 3.84. The van der Waals surface area contributed by atoms with E-state index in [1.807, 2.05) is 11.0 Å². The molecule has 2 heterocycles. The van der Waals surface area contributed by atoms with Crippen molar-refractivity contribution in [1.29, 1.82) is 0 Å². The Hall–Kier alpha value is -1.84. The molecule has 1 aromatic heterocycles. The average Bonchev–Trinajstić information content (AvgIpc) is 2.94. The minimum Gasteiger partial charge on any atom is -0.487 e. The topological polar surface area (TPSA) is 79.7 Å². The fraction of sp³-hybridized carbons (Fsp3) is 0.588. The van der Waals surface area contributed by atoms with Crippen molar-refractivity contribution >= 4 is 27.8 Å². The van der Waals surface area contributed by atoms with Gasteiger partial charge in [-0.1, -0.05) is 20.8 Å². The highest BCUT2D eigenvalue weighted by molar-refractivity contribution is 9.10. The Morgan fingerprint density at radius 2 is 1.93 bits per heavy atom. The summed E-state index contributed by atoms with van der Waals surface area (Å²) in [5, 5.41) is 7.12. The number of aliphatic carboxylic acids is 1. The van der Waals surface area contributed by atoms with Gasteiger partial charge in [-0.3, -0.25) is 9.78 Å². The third-order valence-electron chi connectivity index (χ3n) is 3.40. The van der Waals surface area contributed by atoms with Gasteiger partial charge >= 0.3 is 12.1 Å². The molecule has 1 N–H and O–H groups in total. The summed E-state index contributed by atoms with van der Waals surface area (Å²) in [4.78, 5) is 27.0. The van der Waals surface area contributed by atoms with Crippen molar-refractivity contribution in [1.82, 2.24) is 9.88 Å². The van der Waals surface area contributed by atoms with E-state index in [1.54, 1.807) is 12.4 Å². The minimum atomic E-state index is -5.08. The van der Waals surface area contributed by atoms with Gasteiger partial charge in [-0.2, -0.15) is 13.2 Å². The molecule has 0 aliphatic carbocycles. The fourth-order valence-corrected chi connectivity index (χ4v) is 2.61. The van der Waals surface area contributed by atoms with E-state index in [-0.39, 0.29) is 17.4 Å². The Bertz CT molecular complexity index is 662. The van der Waals surface area contributed by atoms with Gasteiger partial charge < -0.3 is 14.7 Å². The number of hydrogen-bond acceptors (Lipinski definition) is 4. The zero-order chi connectivity index (χ0) is 20.8. The Balaban J connectivity index is 0.000000445. The maximum Gasteiger partial charge on any atom is 0.490 e. The van der Waals surface area contributed by atoms with Crippen LogP contribution < -0.4 is 4.74 Å². The van der Waals surface area contributed by atoms with E-state index in [2.05, 4.69) is 41.7 Å². The number of aromatic nitrogens is 1. The lowest BCUT2D eigenvalue weighted by molar-refractivity contribution is -0.192. The lowest BCUT2D eigenvalue weighted by atomic mass is 9.92. The molecule has 152 valence electrons. The lowest BCUT2D eigenvalue weighted by Crippen LogP contribution is -2.33. The van der Waals surface area contributed by atoms with E-state index in [1.165, 1.54) is 0 Å². The van der Waals surface area contributed by atoms with Crippen molar-refractivity contribution in [2.24, 2.45) is 5.41 Å². The first-order valence-electron chi connectivity index (χ1n) is 8.13. The first-order chi connectivity index (χ1) is 12.3. The molecule has 1 saturated heterocycles. The first kappa shape index (κ1) is 23.2. The van der Waals surface area contributed by atoms with Crippen molar-refractivity contribution in [3.63, 3.8) is 0 Å². The molecule has 0 bridgehead atoms. The number of pyridine rings is 1. The Morgan fingerprint density at radius 1 is 1.33 bits per heavy atom. The number of alkyl halides is 3. The van der Waals surface area contributed by atoms with Gasteiger partial charge in [0.1, 0.15) is 11.9 Å². The van der Waals surface area contributed by atoms with Gasteiger partial charge in [-0.25, -0.2) is 4.79 Å². The highest BCUT2D eigenvalue weighted by Gasteiger charge is 2.38. The smallest absolute Gasteiger partial charge is 0.487 e. The second kappa shape index (κ2) is 9.38. The number of carboxylic acids is 1. The van der Waals surface area contributed by atoms with Gasteiger partial charge in [-0.05, 0) is 27.4 Å². The van der Waals surface area contributed by atoms with E-state index in [9.17, 15) is 18.0 Å². The number of likely N-dealkylation sites (tertiary alicyclic amines) is 1. The molecule has 27 heavy (non-hydrogen) atoms. The van der Waals surface area contributed by atoms with Crippen LogP contribution in [0.5, 0.6) is 5.75 Å². The second-order valence-electron chi connectivity index (χ2n) is 7.25. The summed E-state index contributed by atoms with van der Waals surface area (Å²) < 4.78 is 38.5. The Labute approximate surface area is 163 Å². The molecule has 1 aromatic rings. The molecule has 6 nitrogen and oxygen atoms in total. The third kappa shape index (κ3) is 9.07. The van der Waals surface area contributed by atoms with Crippen LogP contribution in [0.3, 0.4) is 0 Å². The van der Waals surface area contributed by atoms with Gasteiger partial charge in [0.05, 0.1) is 12.7 Å². The zero-order valence-corrected chi connectivity index (χ0v) is 16.8. The summed E-state index contributed by atoms with van der Waals surface area (Å²) in [5.74, 6) is -1.79. The molecule has 1 aliphatic rings. The summed E-state index contributed by atoms with van der Waals surface area (Å²) in [6.45, 7) is 7.70. The van der Waals surface area contributed by atoms with Crippen LogP contribution in [0.15, 0.2) is 22.9 Å². The largest absolute Gasteiger partial charge is 0.490 e. The van der Waals surface area contributed by atoms with Crippen LogP contribution >= 0.6 is 15.9 Å². The van der Waals surface area contributed by atoms with Crippen molar-refractivity contribution in [3.05, 3.63) is 22.9 Å². The standard InChI is InChI=1S/C15H21BrN2O2.C2HF3O2/c1-15(2,3)7-14(19)18-5-4-12(10-18)20-13-6-11(16)8-17-9-13;3-2(4,5)1(6)7/h6,8-9,12H,4-5,7,10H2,1-3H3;(H,6,7)/t12-;/m1./s1. The van der Waals surface area contributed by atoms with E-state index in [0.717, 1.165) is 23.2 Å². The summed E-state index contributed by atoms with van der Waals surface area (Å²) in [5.41, 5.74) is 0.0320. The molecule has 1 atom stereocenters. The average molecular weight is 455 g/mol. The molecule has 1 aliphatic heterocycles. The molecule has 0 radical (unpaired) electrons. The number of hydrogen-bond donors (Lipinski definition) is 1. The van der Waals surface area contributed by atoms with Crippen LogP contribution in [0, 0.1) is 5.41 Å². The predicted molar refractivity (Wildman–Crippen MR) is 95.3 cm³/mol. The molecule has 10 heteroatoms. The van der Waals surface area contributed by atoms with Crippen molar-refractivity contribution < 1.29 is 32.6 Å². The number of carbonyl (C=O) groups is 2. The van der Waals surface area contributed by atoms with Crippen molar-refractivity contribution in [2.75, 3.05) is 13.1 Å². The highest BCUT2D eigenvalue weighted by Crippen LogP contribution is 2.24. The van der Waals surface area contributed by atoms with Crippen LogP contribution in [0.25, 0.3) is 0 Å². The van der Waals surface area contributed by atoms with E-state index < -0.39 is 12.1 Å². The first-order valence-corrected chi connectivity index (χ1v) is 8.92. The highest BCUT2D eigenvalue weighted by atomic mass is 79.9. The monoisotopic (exact) mass is 454 g/mol. The van der Waals surface area contributed by atoms with Crippen LogP contribution in [0.4, 0.5) is 13.2 Å². The van der Waals surface area contributed by atoms with E-state index in [4.69, 9.17) is 14.6 Å². The van der Waals surface area contributed by atoms with Gasteiger partial charge in [0.15, 0.2) is 0 Å². The maximum absolute atomic E-state index is 12.2. The molecular formula is C17H22BrF3N2O4. The van der Waals surface area contributed by atoms with Gasteiger partial charge in [0.2, 0.25) is 5.91 Å². The summed E-state index contributed by atoms with van der Waals surface area (Å²) in [6, 6.07) is 1.90. The van der Waals surface area contributed by atoms with Crippen LogP contribution in [-0.2, 0) is 9.59 Å². The lowest BCUT2D eigenvalue weighted by Gasteiger charge is -2.23.